The number of unbranched alkanes of at least 4 members (excludes halogenated alkanes) is 15. The molecule has 2 nitrogen and oxygen atoms in total. The summed E-state index contributed by atoms with van der Waals surface area (Å²) in [6.45, 7) is 7.87. The average molecular weight is 454 g/mol. The Morgan fingerprint density at radius 1 is 0.667 bits per heavy atom. The van der Waals surface area contributed by atoms with Gasteiger partial charge in [0.1, 0.15) is 18.9 Å². The summed E-state index contributed by atoms with van der Waals surface area (Å²) < 4.78 is 4.93. The van der Waals surface area contributed by atoms with Crippen LogP contribution in [-0.4, -0.2) is 4.57 Å². The summed E-state index contributed by atoms with van der Waals surface area (Å²) in [5.41, 5.74) is 1.39. The minimum atomic E-state index is 0.526. The minimum Gasteiger partial charge on any atom is -0.232 e. The fraction of sp³-hybridized carbons (Fsp3) is 0.710. The standard InChI is InChI=1S/C31H53N2/c1-4-5-6-7-8-9-10-11-12-13-14-15-16-17-18-22-25-31-32(26-27-33(31)29(2)3)28-30-23-20-19-21-24-30/h19-21,23-24,26-27,29H,4-18,22,25,28H2,1-3H3/q+1. The third-order valence-corrected chi connectivity index (χ3v) is 7.04. The van der Waals surface area contributed by atoms with E-state index in [1.54, 1.807) is 0 Å². The molecule has 0 amide bonds. The average Bonchev–Trinajstić information content (AvgIpc) is 3.22. The number of rotatable bonds is 20. The van der Waals surface area contributed by atoms with Gasteiger partial charge in [-0.3, -0.25) is 0 Å². The Kier molecular flexibility index (Phi) is 15.0. The van der Waals surface area contributed by atoms with Crippen LogP contribution in [0.5, 0.6) is 0 Å². The second-order valence-corrected chi connectivity index (χ2v) is 10.4. The lowest BCUT2D eigenvalue weighted by Crippen LogP contribution is -2.39. The Morgan fingerprint density at radius 3 is 1.64 bits per heavy atom. The lowest BCUT2D eigenvalue weighted by atomic mass is 10.0. The van der Waals surface area contributed by atoms with E-state index in [0.717, 1.165) is 6.54 Å². The van der Waals surface area contributed by atoms with Crippen LogP contribution < -0.4 is 4.57 Å². The molecule has 0 saturated carbocycles. The molecule has 0 saturated heterocycles. The summed E-state index contributed by atoms with van der Waals surface area (Å²) in [5, 5.41) is 0. The van der Waals surface area contributed by atoms with Crippen LogP contribution in [0.1, 0.15) is 141 Å². The van der Waals surface area contributed by atoms with E-state index in [9.17, 15) is 0 Å². The molecule has 0 N–H and O–H groups in total. The zero-order valence-electron chi connectivity index (χ0n) is 22.2. The number of benzene rings is 1. The highest BCUT2D eigenvalue weighted by atomic mass is 15.2. The lowest BCUT2D eigenvalue weighted by molar-refractivity contribution is -0.722. The summed E-state index contributed by atoms with van der Waals surface area (Å²) in [6, 6.07) is 11.4. The van der Waals surface area contributed by atoms with Crippen molar-refractivity contribution in [1.82, 2.24) is 4.57 Å². The van der Waals surface area contributed by atoms with Gasteiger partial charge in [-0.1, -0.05) is 134 Å². The predicted molar refractivity (Wildman–Crippen MR) is 144 cm³/mol. The fourth-order valence-electron chi connectivity index (χ4n) is 4.97. The van der Waals surface area contributed by atoms with Gasteiger partial charge in [-0.05, 0) is 25.8 Å². The van der Waals surface area contributed by atoms with Gasteiger partial charge in [-0.25, -0.2) is 9.13 Å². The molecule has 0 aliphatic heterocycles. The lowest BCUT2D eigenvalue weighted by Gasteiger charge is -2.08. The molecule has 0 spiro atoms. The van der Waals surface area contributed by atoms with E-state index in [0.29, 0.717) is 6.04 Å². The molecule has 1 aromatic carbocycles. The Morgan fingerprint density at radius 2 is 1.15 bits per heavy atom. The molecule has 186 valence electrons. The van der Waals surface area contributed by atoms with Gasteiger partial charge in [0.25, 0.3) is 5.82 Å². The number of imidazole rings is 1. The molecular weight excluding hydrogens is 400 g/mol. The molecular formula is C31H53N2+. The number of hydrogen-bond acceptors (Lipinski definition) is 0. The smallest absolute Gasteiger partial charge is 0.232 e. The monoisotopic (exact) mass is 453 g/mol. The van der Waals surface area contributed by atoms with E-state index in [2.05, 4.69) is 72.6 Å². The highest BCUT2D eigenvalue weighted by Gasteiger charge is 2.19. The van der Waals surface area contributed by atoms with Crippen LogP contribution in [0.25, 0.3) is 0 Å². The fourth-order valence-corrected chi connectivity index (χ4v) is 4.97. The summed E-state index contributed by atoms with van der Waals surface area (Å²) in [5.74, 6) is 1.49. The summed E-state index contributed by atoms with van der Waals surface area (Å²) >= 11 is 0. The quantitative estimate of drug-likeness (QED) is 0.139. The van der Waals surface area contributed by atoms with Crippen molar-refractivity contribution >= 4 is 0 Å². The van der Waals surface area contributed by atoms with Gasteiger partial charge in [0.2, 0.25) is 0 Å². The van der Waals surface area contributed by atoms with Crippen LogP contribution in [0, 0.1) is 0 Å². The van der Waals surface area contributed by atoms with Crippen molar-refractivity contribution in [2.75, 3.05) is 0 Å². The predicted octanol–water partition coefficient (Wildman–Crippen LogP) is 9.21. The van der Waals surface area contributed by atoms with Gasteiger partial charge in [0, 0.05) is 6.42 Å². The molecule has 2 aromatic rings. The molecule has 0 bridgehead atoms. The Bertz CT molecular complexity index is 701. The van der Waals surface area contributed by atoms with Crippen LogP contribution in [0.3, 0.4) is 0 Å². The van der Waals surface area contributed by atoms with E-state index in [1.165, 1.54) is 121 Å². The van der Waals surface area contributed by atoms with Crippen LogP contribution in [0.4, 0.5) is 0 Å². The van der Waals surface area contributed by atoms with Crippen molar-refractivity contribution in [1.29, 1.82) is 0 Å². The van der Waals surface area contributed by atoms with E-state index < -0.39 is 0 Å². The van der Waals surface area contributed by atoms with Gasteiger partial charge >= 0.3 is 0 Å². The Labute approximate surface area is 205 Å². The van der Waals surface area contributed by atoms with Crippen LogP contribution in [0.2, 0.25) is 0 Å². The van der Waals surface area contributed by atoms with Gasteiger partial charge in [-0.15, -0.1) is 0 Å². The number of aromatic nitrogens is 2. The SMILES string of the molecule is CCCCCCCCCCCCCCCCCCc1n(Cc2ccccc2)cc[n+]1C(C)C. The van der Waals surface area contributed by atoms with E-state index >= 15 is 0 Å². The molecule has 33 heavy (non-hydrogen) atoms. The zero-order valence-corrected chi connectivity index (χ0v) is 22.2. The van der Waals surface area contributed by atoms with Crippen LogP contribution in [-0.2, 0) is 13.0 Å². The second kappa shape index (κ2) is 17.8. The molecule has 0 radical (unpaired) electrons. The third-order valence-electron chi connectivity index (χ3n) is 7.04. The van der Waals surface area contributed by atoms with Gasteiger partial charge in [0.05, 0.1) is 6.04 Å². The first-order valence-corrected chi connectivity index (χ1v) is 14.4. The summed E-state index contributed by atoms with van der Waals surface area (Å²) in [4.78, 5) is 0. The first-order chi connectivity index (χ1) is 16.2. The molecule has 2 heteroatoms. The number of hydrogen-bond donors (Lipinski definition) is 0. The molecule has 0 fully saturated rings. The summed E-state index contributed by atoms with van der Waals surface area (Å²) in [7, 11) is 0. The van der Waals surface area contributed by atoms with Crippen molar-refractivity contribution in [2.24, 2.45) is 0 Å². The summed E-state index contributed by atoms with van der Waals surface area (Å²) in [6.07, 6.45) is 28.6. The maximum absolute atomic E-state index is 2.47. The third kappa shape index (κ3) is 11.9. The highest BCUT2D eigenvalue weighted by Crippen LogP contribution is 2.15. The largest absolute Gasteiger partial charge is 0.256 e. The minimum absolute atomic E-state index is 0.526. The molecule has 0 unspecified atom stereocenters. The maximum atomic E-state index is 2.47. The molecule has 1 heterocycles. The van der Waals surface area contributed by atoms with Crippen LogP contribution in [0.15, 0.2) is 42.7 Å². The molecule has 0 atom stereocenters. The normalized spacial score (nSPS) is 11.5. The van der Waals surface area contributed by atoms with Crippen molar-refractivity contribution in [3.63, 3.8) is 0 Å². The molecule has 0 aliphatic carbocycles. The van der Waals surface area contributed by atoms with E-state index in [-0.39, 0.29) is 0 Å². The van der Waals surface area contributed by atoms with Gasteiger partial charge in [-0.2, -0.15) is 0 Å². The second-order valence-electron chi connectivity index (χ2n) is 10.4. The molecule has 2 rings (SSSR count). The number of nitrogens with zero attached hydrogens (tertiary/aromatic N) is 2. The van der Waals surface area contributed by atoms with Crippen molar-refractivity contribution in [3.8, 4) is 0 Å². The van der Waals surface area contributed by atoms with Crippen molar-refractivity contribution in [3.05, 3.63) is 54.1 Å². The zero-order chi connectivity index (χ0) is 23.6. The van der Waals surface area contributed by atoms with Crippen LogP contribution >= 0.6 is 0 Å². The van der Waals surface area contributed by atoms with E-state index in [1.807, 2.05) is 0 Å². The Balaban J connectivity index is 1.52. The highest BCUT2D eigenvalue weighted by molar-refractivity contribution is 5.15. The topological polar surface area (TPSA) is 8.81 Å². The van der Waals surface area contributed by atoms with Gasteiger partial charge < -0.3 is 0 Å². The maximum Gasteiger partial charge on any atom is 0.256 e. The van der Waals surface area contributed by atoms with Gasteiger partial charge in [0.15, 0.2) is 0 Å². The molecule has 1 aromatic heterocycles. The molecule has 0 aliphatic rings. The van der Waals surface area contributed by atoms with Crippen molar-refractivity contribution in [2.45, 2.75) is 143 Å². The van der Waals surface area contributed by atoms with Crippen molar-refractivity contribution < 1.29 is 4.57 Å². The first kappa shape index (κ1) is 27.7. The Hall–Kier alpha value is -1.57. The van der Waals surface area contributed by atoms with E-state index in [4.69, 9.17) is 0 Å². The first-order valence-electron chi connectivity index (χ1n) is 14.4.